The number of ketones is 1. The second-order valence-corrected chi connectivity index (χ2v) is 4.46. The first-order valence-electron chi connectivity index (χ1n) is 3.98. The Balaban J connectivity index is 2.95. The Morgan fingerprint density at radius 3 is 2.85 bits per heavy atom. The molecule has 0 aliphatic carbocycles. The molecular formula is C10H10BrClO. The molecule has 1 unspecified atom stereocenters. The minimum Gasteiger partial charge on any atom is -0.293 e. The number of alkyl halides is 2. The van der Waals surface area contributed by atoms with E-state index in [-0.39, 0.29) is 10.6 Å². The molecule has 0 fully saturated rings. The smallest absolute Gasteiger partial charge is 0.176 e. The molecule has 1 aromatic carbocycles. The molecule has 13 heavy (non-hydrogen) atoms. The summed E-state index contributed by atoms with van der Waals surface area (Å²) in [5.74, 6) is 0.532. The maximum atomic E-state index is 11.5. The molecule has 0 aliphatic rings. The lowest BCUT2D eigenvalue weighted by molar-refractivity contribution is 0.0996. The van der Waals surface area contributed by atoms with Crippen LogP contribution in [0.3, 0.4) is 0 Å². The number of rotatable bonds is 3. The Hall–Kier alpha value is -0.340. The first-order valence-corrected chi connectivity index (χ1v) is 5.43. The molecule has 3 heteroatoms. The summed E-state index contributed by atoms with van der Waals surface area (Å²) < 4.78 is 0. The maximum Gasteiger partial charge on any atom is 0.176 e. The maximum absolute atomic E-state index is 11.5. The largest absolute Gasteiger partial charge is 0.293 e. The summed E-state index contributed by atoms with van der Waals surface area (Å²) in [7, 11) is 0. The van der Waals surface area contributed by atoms with Crippen LogP contribution in [0.1, 0.15) is 22.8 Å². The quantitative estimate of drug-likeness (QED) is 0.602. The fraction of sp³-hybridized carbons (Fsp3) is 0.300. The van der Waals surface area contributed by atoms with Gasteiger partial charge in [-0.1, -0.05) is 34.1 Å². The first-order chi connectivity index (χ1) is 6.15. The number of carbonyl (C=O) groups excluding carboxylic acids is 1. The highest BCUT2D eigenvalue weighted by atomic mass is 79.9. The van der Waals surface area contributed by atoms with Crippen LogP contribution in [0.5, 0.6) is 0 Å². The average molecular weight is 262 g/mol. The summed E-state index contributed by atoms with van der Waals surface area (Å²) in [4.78, 5) is 11.4. The van der Waals surface area contributed by atoms with Crippen molar-refractivity contribution in [1.82, 2.24) is 0 Å². The Bertz CT molecular complexity index is 310. The molecule has 0 spiro atoms. The zero-order valence-electron chi connectivity index (χ0n) is 7.26. The number of hydrogen-bond acceptors (Lipinski definition) is 1. The van der Waals surface area contributed by atoms with Gasteiger partial charge in [-0.25, -0.2) is 0 Å². The van der Waals surface area contributed by atoms with E-state index in [1.807, 2.05) is 25.1 Å². The van der Waals surface area contributed by atoms with Crippen LogP contribution >= 0.6 is 27.5 Å². The van der Waals surface area contributed by atoms with Gasteiger partial charge in [0, 0.05) is 11.4 Å². The summed E-state index contributed by atoms with van der Waals surface area (Å²) in [6.45, 7) is 1.82. The molecule has 0 saturated heterocycles. The van der Waals surface area contributed by atoms with E-state index in [1.165, 1.54) is 0 Å². The van der Waals surface area contributed by atoms with Crippen LogP contribution in [0.2, 0.25) is 0 Å². The predicted molar refractivity (Wildman–Crippen MR) is 58.7 cm³/mol. The van der Waals surface area contributed by atoms with Crippen molar-refractivity contribution in [1.29, 1.82) is 0 Å². The highest BCUT2D eigenvalue weighted by Crippen LogP contribution is 2.12. The molecule has 0 saturated carbocycles. The van der Waals surface area contributed by atoms with E-state index >= 15 is 0 Å². The third-order valence-corrected chi connectivity index (χ3v) is 2.45. The SMILES string of the molecule is CC(Br)C(=O)c1cccc(CCl)c1. The van der Waals surface area contributed by atoms with Gasteiger partial charge in [-0.3, -0.25) is 4.79 Å². The molecule has 0 aliphatic heterocycles. The van der Waals surface area contributed by atoms with E-state index in [0.29, 0.717) is 11.4 Å². The summed E-state index contributed by atoms with van der Waals surface area (Å²) in [6.07, 6.45) is 0. The van der Waals surface area contributed by atoms with Gasteiger partial charge in [-0.05, 0) is 18.6 Å². The topological polar surface area (TPSA) is 17.1 Å². The highest BCUT2D eigenvalue weighted by molar-refractivity contribution is 9.10. The second kappa shape index (κ2) is 4.77. The normalized spacial score (nSPS) is 12.5. The molecule has 0 N–H and O–H groups in total. The van der Waals surface area contributed by atoms with Gasteiger partial charge >= 0.3 is 0 Å². The van der Waals surface area contributed by atoms with Gasteiger partial charge in [0.25, 0.3) is 0 Å². The number of Topliss-reactive ketones (excluding diaryl/α,β-unsaturated/α-hetero) is 1. The van der Waals surface area contributed by atoms with Crippen molar-refractivity contribution in [3.8, 4) is 0 Å². The lowest BCUT2D eigenvalue weighted by Crippen LogP contribution is -2.09. The second-order valence-electron chi connectivity index (χ2n) is 2.81. The zero-order chi connectivity index (χ0) is 9.84. The minimum atomic E-state index is -0.141. The fourth-order valence-corrected chi connectivity index (χ4v) is 1.47. The molecule has 0 heterocycles. The van der Waals surface area contributed by atoms with Crippen LogP contribution in [0.25, 0.3) is 0 Å². The van der Waals surface area contributed by atoms with Crippen molar-refractivity contribution < 1.29 is 4.79 Å². The zero-order valence-corrected chi connectivity index (χ0v) is 9.60. The highest BCUT2D eigenvalue weighted by Gasteiger charge is 2.11. The molecule has 0 bridgehead atoms. The molecule has 1 rings (SSSR count). The number of hydrogen-bond donors (Lipinski definition) is 0. The van der Waals surface area contributed by atoms with Crippen LogP contribution in [0, 0.1) is 0 Å². The Morgan fingerprint density at radius 1 is 1.62 bits per heavy atom. The molecule has 1 aromatic rings. The standard InChI is InChI=1S/C10H10BrClO/c1-7(11)10(13)9-4-2-3-8(5-9)6-12/h2-5,7H,6H2,1H3. The van der Waals surface area contributed by atoms with Crippen molar-refractivity contribution in [2.75, 3.05) is 0 Å². The lowest BCUT2D eigenvalue weighted by atomic mass is 10.1. The number of benzene rings is 1. The van der Waals surface area contributed by atoms with Gasteiger partial charge in [0.15, 0.2) is 5.78 Å². The van der Waals surface area contributed by atoms with E-state index < -0.39 is 0 Å². The van der Waals surface area contributed by atoms with E-state index in [0.717, 1.165) is 5.56 Å². The summed E-state index contributed by atoms with van der Waals surface area (Å²) in [5, 5.41) is 0. The van der Waals surface area contributed by atoms with Gasteiger partial charge in [0.2, 0.25) is 0 Å². The van der Waals surface area contributed by atoms with Crippen molar-refractivity contribution in [3.63, 3.8) is 0 Å². The van der Waals surface area contributed by atoms with E-state index in [2.05, 4.69) is 15.9 Å². The average Bonchev–Trinajstić information content (AvgIpc) is 2.16. The van der Waals surface area contributed by atoms with Crippen LogP contribution in [0.4, 0.5) is 0 Å². The van der Waals surface area contributed by atoms with Crippen LogP contribution in [-0.2, 0) is 5.88 Å². The van der Waals surface area contributed by atoms with Gasteiger partial charge in [0.05, 0.1) is 4.83 Å². The molecule has 1 nitrogen and oxygen atoms in total. The van der Waals surface area contributed by atoms with Crippen LogP contribution < -0.4 is 0 Å². The molecule has 1 atom stereocenters. The number of carbonyl (C=O) groups is 1. The Morgan fingerprint density at radius 2 is 2.31 bits per heavy atom. The van der Waals surface area contributed by atoms with Gasteiger partial charge in [-0.2, -0.15) is 0 Å². The van der Waals surface area contributed by atoms with Crippen LogP contribution in [0.15, 0.2) is 24.3 Å². The molecule has 0 radical (unpaired) electrons. The molecular weight excluding hydrogens is 251 g/mol. The third-order valence-electron chi connectivity index (χ3n) is 1.73. The van der Waals surface area contributed by atoms with Gasteiger partial charge < -0.3 is 0 Å². The van der Waals surface area contributed by atoms with Gasteiger partial charge in [0.1, 0.15) is 0 Å². The third kappa shape index (κ3) is 2.82. The van der Waals surface area contributed by atoms with Crippen molar-refractivity contribution in [3.05, 3.63) is 35.4 Å². The van der Waals surface area contributed by atoms with Crippen LogP contribution in [-0.4, -0.2) is 10.6 Å². The molecule has 70 valence electrons. The van der Waals surface area contributed by atoms with E-state index in [1.54, 1.807) is 6.07 Å². The van der Waals surface area contributed by atoms with Crippen molar-refractivity contribution >= 4 is 33.3 Å². The number of halogens is 2. The van der Waals surface area contributed by atoms with Gasteiger partial charge in [-0.15, -0.1) is 11.6 Å². The monoisotopic (exact) mass is 260 g/mol. The summed E-state index contributed by atoms with van der Waals surface area (Å²) in [6, 6.07) is 7.38. The molecule has 0 aromatic heterocycles. The predicted octanol–water partition coefficient (Wildman–Crippen LogP) is 3.39. The van der Waals surface area contributed by atoms with E-state index in [9.17, 15) is 4.79 Å². The lowest BCUT2D eigenvalue weighted by Gasteiger charge is -2.03. The van der Waals surface area contributed by atoms with Crippen molar-refractivity contribution in [2.24, 2.45) is 0 Å². The Labute approximate surface area is 91.2 Å². The first kappa shape index (κ1) is 10.7. The molecule has 0 amide bonds. The fourth-order valence-electron chi connectivity index (χ4n) is 1.04. The Kier molecular flexibility index (Phi) is 3.94. The summed E-state index contributed by atoms with van der Waals surface area (Å²) in [5.41, 5.74) is 1.68. The van der Waals surface area contributed by atoms with Crippen molar-refractivity contribution in [2.45, 2.75) is 17.6 Å². The minimum absolute atomic E-state index is 0.0898. The summed E-state index contributed by atoms with van der Waals surface area (Å²) >= 11 is 8.90. The van der Waals surface area contributed by atoms with E-state index in [4.69, 9.17) is 11.6 Å².